The lowest BCUT2D eigenvalue weighted by molar-refractivity contribution is -0.116. The zero-order valence-corrected chi connectivity index (χ0v) is 19.2. The highest BCUT2D eigenvalue weighted by Crippen LogP contribution is 2.33. The third-order valence-corrected chi connectivity index (χ3v) is 6.74. The highest BCUT2D eigenvalue weighted by molar-refractivity contribution is 7.99. The molecule has 1 amide bonds. The van der Waals surface area contributed by atoms with Crippen molar-refractivity contribution in [3.63, 3.8) is 0 Å². The Morgan fingerprint density at radius 3 is 2.69 bits per heavy atom. The topological polar surface area (TPSA) is 72.5 Å². The summed E-state index contributed by atoms with van der Waals surface area (Å²) in [7, 11) is 0. The number of nitrogens with zero attached hydrogens (tertiary/aromatic N) is 5. The lowest BCUT2D eigenvalue weighted by atomic mass is 10.1. The minimum Gasteiger partial charge on any atom is -0.308 e. The molecule has 0 fully saturated rings. The summed E-state index contributed by atoms with van der Waals surface area (Å²) in [5, 5.41) is 9.94. The molecule has 164 valence electrons. The number of thioether (sulfide) groups is 1. The van der Waals surface area contributed by atoms with E-state index in [0.717, 1.165) is 17.6 Å². The van der Waals surface area contributed by atoms with E-state index in [1.54, 1.807) is 4.57 Å². The van der Waals surface area contributed by atoms with E-state index in [9.17, 15) is 9.59 Å². The van der Waals surface area contributed by atoms with Gasteiger partial charge in [0.25, 0.3) is 5.56 Å². The van der Waals surface area contributed by atoms with Crippen LogP contribution in [0, 0.1) is 5.92 Å². The van der Waals surface area contributed by atoms with E-state index in [2.05, 4.69) is 37.0 Å². The van der Waals surface area contributed by atoms with Gasteiger partial charge in [0, 0.05) is 18.3 Å². The first-order valence-corrected chi connectivity index (χ1v) is 11.8. The van der Waals surface area contributed by atoms with Crippen molar-refractivity contribution in [1.29, 1.82) is 0 Å². The fourth-order valence-electron chi connectivity index (χ4n) is 4.50. The van der Waals surface area contributed by atoms with Gasteiger partial charge in [-0.1, -0.05) is 55.9 Å². The van der Waals surface area contributed by atoms with Crippen LogP contribution in [0.4, 0.5) is 5.69 Å². The summed E-state index contributed by atoms with van der Waals surface area (Å²) < 4.78 is 3.59. The summed E-state index contributed by atoms with van der Waals surface area (Å²) >= 11 is 1.36. The van der Waals surface area contributed by atoms with Gasteiger partial charge >= 0.3 is 0 Å². The zero-order chi connectivity index (χ0) is 22.4. The molecule has 32 heavy (non-hydrogen) atoms. The third-order valence-electron chi connectivity index (χ3n) is 5.83. The molecule has 0 spiro atoms. The Morgan fingerprint density at radius 2 is 1.88 bits per heavy atom. The molecule has 4 aromatic rings. The molecule has 0 N–H and O–H groups in total. The second kappa shape index (κ2) is 8.09. The van der Waals surface area contributed by atoms with Crippen molar-refractivity contribution in [2.45, 2.75) is 44.9 Å². The number of hydrogen-bond donors (Lipinski definition) is 0. The molecule has 0 aliphatic carbocycles. The van der Waals surface area contributed by atoms with E-state index in [-0.39, 0.29) is 29.2 Å². The quantitative estimate of drug-likeness (QED) is 0.436. The summed E-state index contributed by atoms with van der Waals surface area (Å²) in [6.07, 6.45) is 0.868. The Morgan fingerprint density at radius 1 is 1.12 bits per heavy atom. The van der Waals surface area contributed by atoms with Crippen LogP contribution >= 0.6 is 11.8 Å². The van der Waals surface area contributed by atoms with Crippen molar-refractivity contribution in [2.24, 2.45) is 5.92 Å². The zero-order valence-electron chi connectivity index (χ0n) is 18.4. The van der Waals surface area contributed by atoms with Crippen molar-refractivity contribution in [2.75, 3.05) is 10.7 Å². The number of amides is 1. The average Bonchev–Trinajstić information content (AvgIpc) is 3.35. The number of hydrogen-bond acceptors (Lipinski definition) is 5. The Bertz CT molecular complexity index is 1390. The molecule has 8 heteroatoms. The summed E-state index contributed by atoms with van der Waals surface area (Å²) in [6.45, 7) is 6.76. The molecule has 0 bridgehead atoms. The summed E-state index contributed by atoms with van der Waals surface area (Å²) in [6, 6.07) is 15.7. The Kier molecular flexibility index (Phi) is 5.25. The minimum absolute atomic E-state index is 0.0454. The molecule has 5 rings (SSSR count). The van der Waals surface area contributed by atoms with Gasteiger partial charge in [-0.15, -0.1) is 10.2 Å². The van der Waals surface area contributed by atoms with E-state index in [1.165, 1.54) is 17.3 Å². The summed E-state index contributed by atoms with van der Waals surface area (Å²) in [5.41, 5.74) is 2.89. The first kappa shape index (κ1) is 20.8. The predicted molar refractivity (Wildman–Crippen MR) is 127 cm³/mol. The lowest BCUT2D eigenvalue weighted by Crippen LogP contribution is -2.37. The second-order valence-electron chi connectivity index (χ2n) is 8.68. The SMILES string of the molecule is CC(C)Cn1c(=O)c2ccccc2n2c(SCC(=O)N3c4ccccc4CC3C)nnc12. The van der Waals surface area contributed by atoms with Crippen molar-refractivity contribution in [3.05, 3.63) is 64.4 Å². The first-order chi connectivity index (χ1) is 15.5. The molecule has 7 nitrogen and oxygen atoms in total. The van der Waals surface area contributed by atoms with Crippen molar-refractivity contribution in [1.82, 2.24) is 19.2 Å². The van der Waals surface area contributed by atoms with Gasteiger partial charge in [0.05, 0.1) is 16.7 Å². The van der Waals surface area contributed by atoms with Gasteiger partial charge in [-0.3, -0.25) is 18.6 Å². The maximum Gasteiger partial charge on any atom is 0.262 e. The van der Waals surface area contributed by atoms with Crippen LogP contribution in [0.5, 0.6) is 0 Å². The van der Waals surface area contributed by atoms with E-state index in [1.807, 2.05) is 51.8 Å². The minimum atomic E-state index is -0.0654. The Balaban J connectivity index is 1.51. The van der Waals surface area contributed by atoms with Crippen LogP contribution < -0.4 is 10.5 Å². The number of aromatic nitrogens is 4. The number of benzene rings is 2. The smallest absolute Gasteiger partial charge is 0.262 e. The Hall–Kier alpha value is -3.13. The van der Waals surface area contributed by atoms with Gasteiger partial charge in [-0.2, -0.15) is 0 Å². The third kappa shape index (κ3) is 3.39. The molecule has 2 aromatic heterocycles. The van der Waals surface area contributed by atoms with Crippen LogP contribution in [-0.4, -0.2) is 36.9 Å². The second-order valence-corrected chi connectivity index (χ2v) is 9.62. The molecule has 1 aliphatic rings. The molecule has 1 unspecified atom stereocenters. The van der Waals surface area contributed by atoms with Crippen LogP contribution in [0.25, 0.3) is 16.7 Å². The summed E-state index contributed by atoms with van der Waals surface area (Å²) in [4.78, 5) is 28.2. The average molecular weight is 448 g/mol. The Labute approximate surface area is 190 Å². The molecule has 0 radical (unpaired) electrons. The first-order valence-electron chi connectivity index (χ1n) is 10.8. The largest absolute Gasteiger partial charge is 0.308 e. The standard InChI is InChI=1S/C24H25N5O2S/c1-15(2)13-27-22(31)18-9-5-7-11-20(18)29-23(27)25-26-24(29)32-14-21(30)28-16(3)12-17-8-4-6-10-19(17)28/h4-11,15-16H,12-14H2,1-3H3. The molecule has 0 saturated carbocycles. The van der Waals surface area contributed by atoms with Crippen LogP contribution in [0.3, 0.4) is 0 Å². The van der Waals surface area contributed by atoms with Crippen LogP contribution in [-0.2, 0) is 17.8 Å². The van der Waals surface area contributed by atoms with Crippen molar-refractivity contribution >= 4 is 40.0 Å². The van der Waals surface area contributed by atoms with Crippen molar-refractivity contribution < 1.29 is 4.79 Å². The molecular formula is C24H25N5O2S. The molecule has 1 aliphatic heterocycles. The number of rotatable bonds is 5. The monoisotopic (exact) mass is 447 g/mol. The van der Waals surface area contributed by atoms with E-state index < -0.39 is 0 Å². The molecular weight excluding hydrogens is 422 g/mol. The van der Waals surface area contributed by atoms with Gasteiger partial charge in [0.1, 0.15) is 0 Å². The molecule has 1 atom stereocenters. The normalized spacial score (nSPS) is 15.8. The fourth-order valence-corrected chi connectivity index (χ4v) is 5.30. The highest BCUT2D eigenvalue weighted by Gasteiger charge is 2.30. The maximum absolute atomic E-state index is 13.2. The molecule has 0 saturated heterocycles. The van der Waals surface area contributed by atoms with Gasteiger partial charge in [0.2, 0.25) is 11.7 Å². The van der Waals surface area contributed by atoms with Gasteiger partial charge in [-0.05, 0) is 43.0 Å². The van der Waals surface area contributed by atoms with Gasteiger partial charge < -0.3 is 4.90 Å². The lowest BCUT2D eigenvalue weighted by Gasteiger charge is -2.22. The number of para-hydroxylation sites is 2. The molecule has 3 heterocycles. The van der Waals surface area contributed by atoms with E-state index in [4.69, 9.17) is 0 Å². The van der Waals surface area contributed by atoms with Crippen LogP contribution in [0.2, 0.25) is 0 Å². The van der Waals surface area contributed by atoms with Crippen LogP contribution in [0.1, 0.15) is 26.3 Å². The van der Waals surface area contributed by atoms with E-state index in [0.29, 0.717) is 22.9 Å². The van der Waals surface area contributed by atoms with Gasteiger partial charge in [0.15, 0.2) is 5.16 Å². The van der Waals surface area contributed by atoms with Crippen LogP contribution in [0.15, 0.2) is 58.5 Å². The van der Waals surface area contributed by atoms with Crippen molar-refractivity contribution in [3.8, 4) is 0 Å². The maximum atomic E-state index is 13.2. The number of carbonyl (C=O) groups is 1. The van der Waals surface area contributed by atoms with E-state index >= 15 is 0 Å². The highest BCUT2D eigenvalue weighted by atomic mass is 32.2. The number of carbonyl (C=O) groups excluding carboxylic acids is 1. The summed E-state index contributed by atoms with van der Waals surface area (Å²) in [5.74, 6) is 1.09. The predicted octanol–water partition coefficient (Wildman–Crippen LogP) is 3.77. The fraction of sp³-hybridized carbons (Fsp3) is 0.333. The molecule has 2 aromatic carbocycles. The number of fused-ring (bicyclic) bond motifs is 4. The van der Waals surface area contributed by atoms with Gasteiger partial charge in [-0.25, -0.2) is 0 Å². The number of anilines is 1.